The van der Waals surface area contributed by atoms with Crippen LogP contribution in [0.15, 0.2) is 23.4 Å². The Balaban J connectivity index is 2.66. The van der Waals surface area contributed by atoms with E-state index in [-0.39, 0.29) is 17.2 Å². The fraction of sp³-hybridized carbons (Fsp3) is 0.474. The number of rotatable bonds is 9. The lowest BCUT2D eigenvalue weighted by Crippen LogP contribution is -2.44. The van der Waals surface area contributed by atoms with Gasteiger partial charge < -0.3 is 20.1 Å². The minimum Gasteiger partial charge on any atom is -0.493 e. The molecule has 0 spiro atoms. The first-order chi connectivity index (χ1) is 13.3. The van der Waals surface area contributed by atoms with Crippen molar-refractivity contribution in [2.45, 2.75) is 46.6 Å². The van der Waals surface area contributed by atoms with Crippen molar-refractivity contribution in [3.8, 4) is 11.5 Å². The Kier molecular flexibility index (Phi) is 7.33. The van der Waals surface area contributed by atoms with Gasteiger partial charge in [-0.05, 0) is 38.9 Å². The van der Waals surface area contributed by atoms with E-state index in [0.717, 1.165) is 6.42 Å². The van der Waals surface area contributed by atoms with Crippen molar-refractivity contribution >= 4 is 28.8 Å². The molecular weight excluding hydrogens is 382 g/mol. The Morgan fingerprint density at radius 2 is 1.82 bits per heavy atom. The minimum atomic E-state index is -0.656. The molecule has 1 aromatic rings. The second-order valence-electron chi connectivity index (χ2n) is 6.44. The van der Waals surface area contributed by atoms with Gasteiger partial charge in [-0.25, -0.2) is 0 Å². The average molecular weight is 407 g/mol. The summed E-state index contributed by atoms with van der Waals surface area (Å²) < 4.78 is 11.4. The zero-order valence-corrected chi connectivity index (χ0v) is 17.3. The predicted molar refractivity (Wildman–Crippen MR) is 110 cm³/mol. The molecule has 0 aliphatic carbocycles. The molecule has 2 rings (SSSR count). The van der Waals surface area contributed by atoms with Crippen LogP contribution in [0.1, 0.15) is 52.1 Å². The summed E-state index contributed by atoms with van der Waals surface area (Å²) in [4.78, 5) is 23.4. The number of allylic oxidation sites excluding steroid dienone is 1. The quantitative estimate of drug-likeness (QED) is 0.364. The number of thiocarbonyl (C=S) groups is 1. The van der Waals surface area contributed by atoms with Crippen LogP contribution in [-0.4, -0.2) is 29.0 Å². The van der Waals surface area contributed by atoms with Crippen LogP contribution in [0.25, 0.3) is 0 Å². The number of nitro benzene ring substituents is 1. The van der Waals surface area contributed by atoms with Gasteiger partial charge in [-0.2, -0.15) is 0 Å². The van der Waals surface area contributed by atoms with Crippen LogP contribution in [-0.2, 0) is 4.79 Å². The summed E-state index contributed by atoms with van der Waals surface area (Å²) in [7, 11) is 0. The average Bonchev–Trinajstić information content (AvgIpc) is 2.63. The number of nitrogens with zero attached hydrogens (tertiary/aromatic N) is 1. The van der Waals surface area contributed by atoms with Crippen molar-refractivity contribution < 1.29 is 19.2 Å². The molecule has 0 aromatic heterocycles. The van der Waals surface area contributed by atoms with Gasteiger partial charge in [-0.1, -0.05) is 13.8 Å². The number of hydrogen-bond donors (Lipinski definition) is 2. The van der Waals surface area contributed by atoms with Crippen LogP contribution in [0.2, 0.25) is 0 Å². The van der Waals surface area contributed by atoms with Crippen LogP contribution >= 0.6 is 12.2 Å². The van der Waals surface area contributed by atoms with Crippen LogP contribution in [0.5, 0.6) is 11.5 Å². The van der Waals surface area contributed by atoms with E-state index >= 15 is 0 Å². The van der Waals surface area contributed by atoms with Gasteiger partial charge in [-0.3, -0.25) is 14.9 Å². The number of carbonyl (C=O) groups is 1. The zero-order chi connectivity index (χ0) is 20.8. The summed E-state index contributed by atoms with van der Waals surface area (Å²) >= 11 is 5.23. The Morgan fingerprint density at radius 1 is 1.21 bits per heavy atom. The summed E-state index contributed by atoms with van der Waals surface area (Å²) in [5.41, 5.74) is 1.35. The summed E-state index contributed by atoms with van der Waals surface area (Å²) in [5, 5.41) is 17.9. The number of ketones is 1. The van der Waals surface area contributed by atoms with E-state index in [1.165, 1.54) is 19.1 Å². The number of nitrogens with one attached hydrogen (secondary N) is 2. The summed E-state index contributed by atoms with van der Waals surface area (Å²) in [6, 6.07) is 2.27. The molecule has 9 heteroatoms. The maximum absolute atomic E-state index is 12.3. The fourth-order valence-corrected chi connectivity index (χ4v) is 3.26. The molecule has 0 amide bonds. The van der Waals surface area contributed by atoms with Crippen molar-refractivity contribution in [3.05, 3.63) is 39.1 Å². The molecular formula is C19H25N3O5S. The molecule has 1 atom stereocenters. The topological polar surface area (TPSA) is 103 Å². The number of Topliss-reactive ketones (excluding diaryl/α,β-unsaturated/α-hetero) is 1. The minimum absolute atomic E-state index is 0.142. The van der Waals surface area contributed by atoms with Gasteiger partial charge >= 0.3 is 5.69 Å². The van der Waals surface area contributed by atoms with E-state index in [2.05, 4.69) is 10.6 Å². The van der Waals surface area contributed by atoms with Crippen LogP contribution in [0.4, 0.5) is 5.69 Å². The third kappa shape index (κ3) is 4.78. The monoisotopic (exact) mass is 407 g/mol. The molecule has 2 N–H and O–H groups in total. The molecule has 1 unspecified atom stereocenters. The lowest BCUT2D eigenvalue weighted by molar-refractivity contribution is -0.386. The number of nitro groups is 1. The first-order valence-electron chi connectivity index (χ1n) is 9.17. The van der Waals surface area contributed by atoms with Gasteiger partial charge in [0.15, 0.2) is 10.9 Å². The number of ether oxygens (including phenoxy) is 2. The Labute approximate surface area is 169 Å². The molecule has 1 aliphatic heterocycles. The van der Waals surface area contributed by atoms with Crippen LogP contribution in [0.3, 0.4) is 0 Å². The lowest BCUT2D eigenvalue weighted by atomic mass is 9.92. The molecule has 0 saturated carbocycles. The first kappa shape index (κ1) is 21.6. The second kappa shape index (κ2) is 9.50. The maximum Gasteiger partial charge on any atom is 0.311 e. The van der Waals surface area contributed by atoms with E-state index in [1.54, 1.807) is 6.92 Å². The molecule has 0 bridgehead atoms. The van der Waals surface area contributed by atoms with Gasteiger partial charge in [0.2, 0.25) is 5.75 Å². The smallest absolute Gasteiger partial charge is 0.311 e. The van der Waals surface area contributed by atoms with E-state index in [0.29, 0.717) is 47.3 Å². The SMILES string of the molecule is CCCOc1cc(OCCC)c([N+](=O)[O-])cc1C1NC(=S)NC(C)=C1C(C)=O. The van der Waals surface area contributed by atoms with Crippen molar-refractivity contribution in [2.75, 3.05) is 13.2 Å². The van der Waals surface area contributed by atoms with E-state index in [4.69, 9.17) is 21.7 Å². The van der Waals surface area contributed by atoms with Crippen molar-refractivity contribution in [3.63, 3.8) is 0 Å². The van der Waals surface area contributed by atoms with E-state index in [9.17, 15) is 14.9 Å². The second-order valence-corrected chi connectivity index (χ2v) is 6.85. The third-order valence-corrected chi connectivity index (χ3v) is 4.39. The molecule has 8 nitrogen and oxygen atoms in total. The molecule has 1 heterocycles. The molecule has 1 aliphatic rings. The molecule has 0 radical (unpaired) electrons. The normalized spacial score (nSPS) is 16.3. The first-order valence-corrected chi connectivity index (χ1v) is 9.58. The molecule has 0 saturated heterocycles. The summed E-state index contributed by atoms with van der Waals surface area (Å²) in [6.07, 6.45) is 1.47. The van der Waals surface area contributed by atoms with Crippen LogP contribution < -0.4 is 20.1 Å². The number of hydrogen-bond acceptors (Lipinski definition) is 6. The van der Waals surface area contributed by atoms with Gasteiger partial charge in [0, 0.05) is 29.0 Å². The maximum atomic E-state index is 12.3. The largest absolute Gasteiger partial charge is 0.493 e. The van der Waals surface area contributed by atoms with Crippen molar-refractivity contribution in [1.29, 1.82) is 0 Å². The van der Waals surface area contributed by atoms with E-state index < -0.39 is 11.0 Å². The van der Waals surface area contributed by atoms with Gasteiger partial charge in [0.25, 0.3) is 0 Å². The Bertz CT molecular complexity index is 822. The van der Waals surface area contributed by atoms with Crippen molar-refractivity contribution in [1.82, 2.24) is 10.6 Å². The van der Waals surface area contributed by atoms with Crippen LogP contribution in [0, 0.1) is 10.1 Å². The van der Waals surface area contributed by atoms with Gasteiger partial charge in [0.05, 0.1) is 24.2 Å². The summed E-state index contributed by atoms with van der Waals surface area (Å²) in [5.74, 6) is 0.399. The number of benzene rings is 1. The highest BCUT2D eigenvalue weighted by molar-refractivity contribution is 7.80. The standard InChI is InChI=1S/C19H25N3O5S/c1-5-7-26-15-10-16(27-8-6-2)14(22(24)25)9-13(15)18-17(12(4)23)11(3)20-19(28)21-18/h9-10,18H,5-8H2,1-4H3,(H2,20,21,28). The van der Waals surface area contributed by atoms with Crippen molar-refractivity contribution in [2.24, 2.45) is 0 Å². The molecule has 0 fully saturated rings. The van der Waals surface area contributed by atoms with E-state index in [1.807, 2.05) is 13.8 Å². The highest BCUT2D eigenvalue weighted by Crippen LogP contribution is 2.41. The predicted octanol–water partition coefficient (Wildman–Crippen LogP) is 3.55. The molecule has 1 aromatic carbocycles. The highest BCUT2D eigenvalue weighted by Gasteiger charge is 2.32. The molecule has 152 valence electrons. The number of carbonyl (C=O) groups excluding carboxylic acids is 1. The van der Waals surface area contributed by atoms with Gasteiger partial charge in [0.1, 0.15) is 5.75 Å². The Hall–Kier alpha value is -2.68. The summed E-state index contributed by atoms with van der Waals surface area (Å²) in [6.45, 7) is 7.84. The molecule has 28 heavy (non-hydrogen) atoms. The fourth-order valence-electron chi connectivity index (χ4n) is 2.99. The zero-order valence-electron chi connectivity index (χ0n) is 16.5. The lowest BCUT2D eigenvalue weighted by Gasteiger charge is -2.31. The third-order valence-electron chi connectivity index (χ3n) is 4.17. The van der Waals surface area contributed by atoms with Gasteiger partial charge in [-0.15, -0.1) is 0 Å². The highest BCUT2D eigenvalue weighted by atomic mass is 32.1. The Morgan fingerprint density at radius 3 is 2.36 bits per heavy atom.